The van der Waals surface area contributed by atoms with E-state index in [1.54, 1.807) is 6.07 Å². The average molecular weight is 389 g/mol. The largest absolute Gasteiger partial charge is 0.504 e. The van der Waals surface area contributed by atoms with Crippen LogP contribution in [0.3, 0.4) is 0 Å². The zero-order valence-corrected chi connectivity index (χ0v) is 14.5. The van der Waals surface area contributed by atoms with Gasteiger partial charge in [0.05, 0.1) is 12.9 Å². The van der Waals surface area contributed by atoms with Gasteiger partial charge in [-0.05, 0) is 17.7 Å². The highest BCUT2D eigenvalue weighted by atomic mass is 16.6. The van der Waals surface area contributed by atoms with Crippen LogP contribution in [-0.2, 0) is 11.3 Å². The van der Waals surface area contributed by atoms with Gasteiger partial charge >= 0.3 is 0 Å². The Labute approximate surface area is 158 Å². The van der Waals surface area contributed by atoms with Crippen LogP contribution in [0, 0.1) is 0 Å². The molecule has 148 valence electrons. The van der Waals surface area contributed by atoms with Crippen molar-refractivity contribution in [1.29, 1.82) is 0 Å². The summed E-state index contributed by atoms with van der Waals surface area (Å²) in [6.45, 7) is -0.122. The standard InChI is InChI=1S/C17H19N5O6/c23-5-11-13(26)14(27)17(28-11)22-7-21-12-15(19-6-20-16(12)22)18-4-8-1-2-9(24)10(25)3-8/h1-3,6-7,11,13-14,17,23-27H,4-5H2,(H,18,19,20). The van der Waals surface area contributed by atoms with Crippen LogP contribution in [0.2, 0.25) is 0 Å². The second-order valence-corrected chi connectivity index (χ2v) is 6.45. The molecule has 1 aromatic carbocycles. The summed E-state index contributed by atoms with van der Waals surface area (Å²) in [7, 11) is 0. The van der Waals surface area contributed by atoms with Crippen LogP contribution in [0.1, 0.15) is 11.8 Å². The highest BCUT2D eigenvalue weighted by Gasteiger charge is 2.44. The summed E-state index contributed by atoms with van der Waals surface area (Å²) >= 11 is 0. The molecule has 0 bridgehead atoms. The number of hydrogen-bond donors (Lipinski definition) is 6. The third-order valence-electron chi connectivity index (χ3n) is 4.65. The van der Waals surface area contributed by atoms with Crippen LogP contribution >= 0.6 is 0 Å². The van der Waals surface area contributed by atoms with Crippen LogP contribution in [0.4, 0.5) is 5.82 Å². The number of fused-ring (bicyclic) bond motifs is 1. The van der Waals surface area contributed by atoms with Crippen molar-refractivity contribution in [3.05, 3.63) is 36.4 Å². The summed E-state index contributed by atoms with van der Waals surface area (Å²) in [5.41, 5.74) is 1.51. The summed E-state index contributed by atoms with van der Waals surface area (Å²) in [4.78, 5) is 12.6. The molecule has 0 spiro atoms. The van der Waals surface area contributed by atoms with Gasteiger partial charge in [0.2, 0.25) is 0 Å². The lowest BCUT2D eigenvalue weighted by Crippen LogP contribution is -2.33. The molecule has 11 heteroatoms. The molecule has 28 heavy (non-hydrogen) atoms. The minimum atomic E-state index is -1.25. The zero-order valence-electron chi connectivity index (χ0n) is 14.5. The molecular weight excluding hydrogens is 370 g/mol. The van der Waals surface area contributed by atoms with E-state index >= 15 is 0 Å². The number of nitrogens with one attached hydrogen (secondary N) is 1. The SMILES string of the molecule is OCC1OC(n2cnc3c(NCc4ccc(O)c(O)c4)ncnc32)C(O)C1O. The molecule has 0 aliphatic carbocycles. The Morgan fingerprint density at radius 2 is 1.89 bits per heavy atom. The molecule has 1 saturated heterocycles. The number of aromatic hydroxyl groups is 2. The van der Waals surface area contributed by atoms with Gasteiger partial charge in [0.25, 0.3) is 0 Å². The molecule has 4 unspecified atom stereocenters. The second-order valence-electron chi connectivity index (χ2n) is 6.45. The van der Waals surface area contributed by atoms with Crippen LogP contribution in [0.25, 0.3) is 11.2 Å². The molecule has 3 aromatic rings. The smallest absolute Gasteiger partial charge is 0.167 e. The first kappa shape index (κ1) is 18.4. The highest BCUT2D eigenvalue weighted by Crippen LogP contribution is 2.32. The fourth-order valence-corrected chi connectivity index (χ4v) is 3.14. The second kappa shape index (κ2) is 7.20. The van der Waals surface area contributed by atoms with Crippen LogP contribution in [0.15, 0.2) is 30.9 Å². The Bertz CT molecular complexity index is 995. The van der Waals surface area contributed by atoms with Gasteiger partial charge in [0.15, 0.2) is 34.7 Å². The number of benzene rings is 1. The van der Waals surface area contributed by atoms with E-state index in [0.717, 1.165) is 0 Å². The van der Waals surface area contributed by atoms with Crippen LogP contribution in [0.5, 0.6) is 11.5 Å². The molecule has 0 saturated carbocycles. The highest BCUT2D eigenvalue weighted by molar-refractivity contribution is 5.82. The first-order chi connectivity index (χ1) is 13.5. The summed E-state index contributed by atoms with van der Waals surface area (Å²) in [5.74, 6) is -0.00533. The normalized spacial score (nSPS) is 24.7. The van der Waals surface area contributed by atoms with E-state index in [0.29, 0.717) is 29.1 Å². The van der Waals surface area contributed by atoms with Crippen molar-refractivity contribution in [2.75, 3.05) is 11.9 Å². The third-order valence-corrected chi connectivity index (χ3v) is 4.65. The maximum atomic E-state index is 10.2. The number of phenols is 2. The van der Waals surface area contributed by atoms with E-state index in [-0.39, 0.29) is 11.5 Å². The predicted molar refractivity (Wildman–Crippen MR) is 95.4 cm³/mol. The Hall–Kier alpha value is -2.99. The maximum absolute atomic E-state index is 10.2. The number of hydrogen-bond acceptors (Lipinski definition) is 10. The zero-order chi connectivity index (χ0) is 19.8. The number of phenolic OH excluding ortho intramolecular Hbond substituents is 2. The van der Waals surface area contributed by atoms with E-state index in [9.17, 15) is 25.5 Å². The molecule has 0 amide bonds. The van der Waals surface area contributed by atoms with Crippen molar-refractivity contribution in [3.63, 3.8) is 0 Å². The summed E-state index contributed by atoms with van der Waals surface area (Å²) in [5, 5.41) is 51.5. The molecule has 6 N–H and O–H groups in total. The minimum absolute atomic E-state index is 0.203. The van der Waals surface area contributed by atoms with Crippen molar-refractivity contribution in [2.24, 2.45) is 0 Å². The number of anilines is 1. The quantitative estimate of drug-likeness (QED) is 0.312. The molecule has 3 heterocycles. The van der Waals surface area contributed by atoms with Crippen LogP contribution < -0.4 is 5.32 Å². The molecule has 1 aliphatic heterocycles. The van der Waals surface area contributed by atoms with Gasteiger partial charge in [-0.2, -0.15) is 0 Å². The van der Waals surface area contributed by atoms with E-state index in [1.165, 1.54) is 29.4 Å². The van der Waals surface area contributed by atoms with Gasteiger partial charge in [0.1, 0.15) is 24.6 Å². The van der Waals surface area contributed by atoms with Crippen LogP contribution in [-0.4, -0.2) is 70.0 Å². The molecular formula is C17H19N5O6. The average Bonchev–Trinajstić information content (AvgIpc) is 3.24. The fourth-order valence-electron chi connectivity index (χ4n) is 3.14. The Kier molecular flexibility index (Phi) is 4.73. The number of aliphatic hydroxyl groups is 3. The summed E-state index contributed by atoms with van der Waals surface area (Å²) in [6.07, 6.45) is -1.60. The number of aliphatic hydroxyl groups excluding tert-OH is 3. The molecule has 11 nitrogen and oxygen atoms in total. The maximum Gasteiger partial charge on any atom is 0.167 e. The molecule has 4 rings (SSSR count). The summed E-state index contributed by atoms with van der Waals surface area (Å²) < 4.78 is 6.99. The third kappa shape index (κ3) is 3.10. The summed E-state index contributed by atoms with van der Waals surface area (Å²) in [6, 6.07) is 4.47. The lowest BCUT2D eigenvalue weighted by atomic mass is 10.1. The Morgan fingerprint density at radius 3 is 2.61 bits per heavy atom. The van der Waals surface area contributed by atoms with Gasteiger partial charge < -0.3 is 35.6 Å². The van der Waals surface area contributed by atoms with Gasteiger partial charge in [0, 0.05) is 6.54 Å². The monoisotopic (exact) mass is 389 g/mol. The lowest BCUT2D eigenvalue weighted by molar-refractivity contribution is -0.0511. The molecule has 4 atom stereocenters. The van der Waals surface area contributed by atoms with Crippen molar-refractivity contribution >= 4 is 17.0 Å². The molecule has 1 fully saturated rings. The first-order valence-electron chi connectivity index (χ1n) is 8.54. The van der Waals surface area contributed by atoms with Gasteiger partial charge in [-0.3, -0.25) is 4.57 Å². The minimum Gasteiger partial charge on any atom is -0.504 e. The van der Waals surface area contributed by atoms with Gasteiger partial charge in [-0.15, -0.1) is 0 Å². The number of rotatable bonds is 5. The van der Waals surface area contributed by atoms with Crippen molar-refractivity contribution in [1.82, 2.24) is 19.5 Å². The predicted octanol–water partition coefficient (Wildman–Crippen LogP) is -0.539. The van der Waals surface area contributed by atoms with E-state index in [4.69, 9.17) is 4.74 Å². The first-order valence-corrected chi connectivity index (χ1v) is 8.54. The Morgan fingerprint density at radius 1 is 1.07 bits per heavy atom. The van der Waals surface area contributed by atoms with Gasteiger partial charge in [-0.1, -0.05) is 6.07 Å². The molecule has 1 aliphatic rings. The van der Waals surface area contributed by atoms with E-state index < -0.39 is 31.1 Å². The van der Waals surface area contributed by atoms with E-state index in [1.807, 2.05) is 0 Å². The van der Waals surface area contributed by atoms with Crippen molar-refractivity contribution in [3.8, 4) is 11.5 Å². The van der Waals surface area contributed by atoms with Crippen molar-refractivity contribution in [2.45, 2.75) is 31.1 Å². The number of nitrogens with zero attached hydrogens (tertiary/aromatic N) is 4. The molecule has 0 radical (unpaired) electrons. The van der Waals surface area contributed by atoms with E-state index in [2.05, 4.69) is 20.3 Å². The number of ether oxygens (including phenoxy) is 1. The molecule has 2 aromatic heterocycles. The number of aromatic nitrogens is 4. The van der Waals surface area contributed by atoms with Crippen molar-refractivity contribution < 1.29 is 30.3 Å². The Balaban J connectivity index is 1.59. The fraction of sp³-hybridized carbons (Fsp3) is 0.353. The lowest BCUT2D eigenvalue weighted by Gasteiger charge is -2.16. The van der Waals surface area contributed by atoms with Gasteiger partial charge in [-0.25, -0.2) is 15.0 Å². The topological polar surface area (TPSA) is 166 Å². The number of imidazole rings is 1.